The Hall–Kier alpha value is -3.23. The lowest BCUT2D eigenvalue weighted by Crippen LogP contribution is -2.33. The molecule has 1 aliphatic rings. The molecule has 0 fully saturated rings. The summed E-state index contributed by atoms with van der Waals surface area (Å²) in [7, 11) is 0. The van der Waals surface area contributed by atoms with Gasteiger partial charge >= 0.3 is 6.18 Å². The van der Waals surface area contributed by atoms with Crippen LogP contribution in [0.4, 0.5) is 19.0 Å². The van der Waals surface area contributed by atoms with Crippen molar-refractivity contribution in [3.63, 3.8) is 0 Å². The van der Waals surface area contributed by atoms with Crippen LogP contribution in [0.2, 0.25) is 0 Å². The zero-order valence-corrected chi connectivity index (χ0v) is 14.0. The second-order valence-electron chi connectivity index (χ2n) is 6.07. The third kappa shape index (κ3) is 3.05. The van der Waals surface area contributed by atoms with E-state index in [1.54, 1.807) is 30.5 Å². The lowest BCUT2D eigenvalue weighted by molar-refractivity contribution is -0.138. The van der Waals surface area contributed by atoms with Crippen molar-refractivity contribution >= 4 is 11.7 Å². The van der Waals surface area contributed by atoms with Crippen molar-refractivity contribution in [2.75, 3.05) is 11.4 Å². The van der Waals surface area contributed by atoms with Gasteiger partial charge in [-0.25, -0.2) is 15.0 Å². The Morgan fingerprint density at radius 2 is 1.96 bits per heavy atom. The van der Waals surface area contributed by atoms with Gasteiger partial charge in [-0.2, -0.15) is 13.2 Å². The van der Waals surface area contributed by atoms with Crippen molar-refractivity contribution in [2.45, 2.75) is 19.0 Å². The fraction of sp³-hybridized carbons (Fsp3) is 0.222. The Morgan fingerprint density at radius 1 is 1.11 bits per heavy atom. The third-order valence-corrected chi connectivity index (χ3v) is 4.40. The topological polar surface area (TPSA) is 63.9 Å². The smallest absolute Gasteiger partial charge is 0.296 e. The summed E-state index contributed by atoms with van der Waals surface area (Å²) in [5, 5.41) is 0. The molecule has 0 unspecified atom stereocenters. The number of rotatable bonds is 2. The summed E-state index contributed by atoms with van der Waals surface area (Å²) in [6.45, 7) is 0.431. The van der Waals surface area contributed by atoms with Crippen molar-refractivity contribution in [1.82, 2.24) is 19.5 Å². The van der Waals surface area contributed by atoms with Crippen LogP contribution in [0.15, 0.2) is 49.2 Å². The molecule has 0 bridgehead atoms. The highest BCUT2D eigenvalue weighted by Crippen LogP contribution is 2.34. The minimum atomic E-state index is -4.64. The average Bonchev–Trinajstić information content (AvgIpc) is 3.01. The van der Waals surface area contributed by atoms with Crippen LogP contribution in [-0.4, -0.2) is 32.0 Å². The molecule has 0 aliphatic carbocycles. The first-order valence-electron chi connectivity index (χ1n) is 8.27. The molecule has 3 aromatic rings. The summed E-state index contributed by atoms with van der Waals surface area (Å²) < 4.78 is 41.4. The number of anilines is 1. The normalized spacial score (nSPS) is 14.8. The first kappa shape index (κ1) is 17.2. The quantitative estimate of drug-likeness (QED) is 0.692. The average molecular weight is 373 g/mol. The number of alkyl halides is 3. The van der Waals surface area contributed by atoms with Gasteiger partial charge in [0.05, 0.1) is 0 Å². The molecule has 1 amide bonds. The molecule has 0 saturated heterocycles. The van der Waals surface area contributed by atoms with E-state index in [9.17, 15) is 18.0 Å². The molecule has 4 rings (SSSR count). The maximum atomic E-state index is 13.4. The number of hydrogen-bond donors (Lipinski definition) is 0. The first-order chi connectivity index (χ1) is 13.0. The fourth-order valence-corrected chi connectivity index (χ4v) is 3.20. The number of aromatic nitrogens is 4. The van der Waals surface area contributed by atoms with Gasteiger partial charge in [0.1, 0.15) is 23.4 Å². The van der Waals surface area contributed by atoms with Crippen LogP contribution in [0.1, 0.15) is 28.0 Å². The van der Waals surface area contributed by atoms with E-state index < -0.39 is 17.6 Å². The molecule has 0 N–H and O–H groups in total. The molecule has 6 nitrogen and oxygen atoms in total. The Kier molecular flexibility index (Phi) is 4.14. The number of aryl methyl sites for hydroxylation is 1. The third-order valence-electron chi connectivity index (χ3n) is 4.40. The number of nitrogens with zero attached hydrogens (tertiary/aromatic N) is 5. The molecule has 1 aliphatic heterocycles. The summed E-state index contributed by atoms with van der Waals surface area (Å²) >= 11 is 0. The number of pyridine rings is 1. The van der Waals surface area contributed by atoms with Crippen molar-refractivity contribution in [1.29, 1.82) is 0 Å². The number of halogens is 3. The van der Waals surface area contributed by atoms with Gasteiger partial charge in [0.15, 0.2) is 5.82 Å². The number of carbonyl (C=O) groups is 1. The lowest BCUT2D eigenvalue weighted by atomic mass is 10.1. The Bertz CT molecular complexity index is 984. The molecule has 27 heavy (non-hydrogen) atoms. The summed E-state index contributed by atoms with van der Waals surface area (Å²) in [5.41, 5.74) is -0.141. The molecule has 9 heteroatoms. The highest BCUT2D eigenvalue weighted by Gasteiger charge is 2.37. The molecule has 4 heterocycles. The summed E-state index contributed by atoms with van der Waals surface area (Å²) in [4.78, 5) is 26.2. The van der Waals surface area contributed by atoms with E-state index in [1.807, 2.05) is 0 Å². The fourth-order valence-electron chi connectivity index (χ4n) is 3.20. The van der Waals surface area contributed by atoms with Crippen molar-refractivity contribution in [2.24, 2.45) is 0 Å². The standard InChI is InChI=1S/C18H14F3N5O/c19-18(20,21)13-10-22-11-24-16(13)26-9-6-12-4-3-8-25(17(27)15(12)26)14-5-1-2-7-23-14/h1-2,5-7,9-11H,3-4,8H2. The van der Waals surface area contributed by atoms with E-state index in [2.05, 4.69) is 15.0 Å². The van der Waals surface area contributed by atoms with Crippen LogP contribution >= 0.6 is 0 Å². The van der Waals surface area contributed by atoms with Crippen molar-refractivity contribution in [3.8, 4) is 5.82 Å². The van der Waals surface area contributed by atoms with Crippen molar-refractivity contribution in [3.05, 3.63) is 66.0 Å². The number of carbonyl (C=O) groups excluding carboxylic acids is 1. The molecule has 0 spiro atoms. The largest absolute Gasteiger partial charge is 0.421 e. The van der Waals surface area contributed by atoms with Crippen molar-refractivity contribution < 1.29 is 18.0 Å². The zero-order valence-electron chi connectivity index (χ0n) is 14.0. The van der Waals surface area contributed by atoms with Crippen LogP contribution in [0.25, 0.3) is 5.82 Å². The highest BCUT2D eigenvalue weighted by atomic mass is 19.4. The summed E-state index contributed by atoms with van der Waals surface area (Å²) in [6.07, 6.45) is 1.38. The second kappa shape index (κ2) is 6.49. The maximum Gasteiger partial charge on any atom is 0.421 e. The van der Waals surface area contributed by atoms with E-state index in [4.69, 9.17) is 0 Å². The number of amides is 1. The molecule has 0 aromatic carbocycles. The number of fused-ring (bicyclic) bond motifs is 1. The van der Waals surface area contributed by atoms with E-state index in [0.29, 0.717) is 37.0 Å². The first-order valence-corrected chi connectivity index (χ1v) is 8.27. The predicted molar refractivity (Wildman–Crippen MR) is 90.6 cm³/mol. The highest BCUT2D eigenvalue weighted by molar-refractivity contribution is 6.06. The van der Waals surface area contributed by atoms with Crippen LogP contribution in [0.5, 0.6) is 0 Å². The van der Waals surface area contributed by atoms with Crippen LogP contribution in [0.3, 0.4) is 0 Å². The van der Waals surface area contributed by atoms with Gasteiger partial charge in [-0.1, -0.05) is 6.07 Å². The van der Waals surface area contributed by atoms with Gasteiger partial charge in [0.25, 0.3) is 5.91 Å². The second-order valence-corrected chi connectivity index (χ2v) is 6.07. The lowest BCUT2D eigenvalue weighted by Gasteiger charge is -2.21. The SMILES string of the molecule is O=C1c2c(ccn2-c2ncncc2C(F)(F)F)CCCN1c1ccccn1. The minimum Gasteiger partial charge on any atom is -0.296 e. The van der Waals surface area contributed by atoms with Gasteiger partial charge in [-0.05, 0) is 36.6 Å². The van der Waals surface area contributed by atoms with Gasteiger partial charge in [-0.15, -0.1) is 0 Å². The summed E-state index contributed by atoms with van der Waals surface area (Å²) in [5.74, 6) is -0.310. The van der Waals surface area contributed by atoms with Crippen LogP contribution in [-0.2, 0) is 12.6 Å². The van der Waals surface area contributed by atoms with E-state index in [-0.39, 0.29) is 11.5 Å². The van der Waals surface area contributed by atoms with E-state index >= 15 is 0 Å². The molecule has 138 valence electrons. The monoisotopic (exact) mass is 373 g/mol. The Labute approximate surface area is 152 Å². The van der Waals surface area contributed by atoms with Gasteiger partial charge < -0.3 is 0 Å². The molecule has 0 saturated carbocycles. The van der Waals surface area contributed by atoms with Crippen LogP contribution in [0, 0.1) is 0 Å². The predicted octanol–water partition coefficient (Wildman–Crippen LogP) is 3.27. The molecule has 0 atom stereocenters. The molecule has 0 radical (unpaired) electrons. The Morgan fingerprint density at radius 3 is 2.70 bits per heavy atom. The van der Waals surface area contributed by atoms with Gasteiger partial charge in [-0.3, -0.25) is 14.3 Å². The molecular formula is C18H14F3N5O. The number of hydrogen-bond acceptors (Lipinski definition) is 4. The summed E-state index contributed by atoms with van der Waals surface area (Å²) in [6, 6.07) is 6.85. The van der Waals surface area contributed by atoms with Gasteiger partial charge in [0, 0.05) is 25.1 Å². The minimum absolute atomic E-state index is 0.169. The van der Waals surface area contributed by atoms with Gasteiger partial charge in [0.2, 0.25) is 0 Å². The molecule has 3 aromatic heterocycles. The Balaban J connectivity index is 1.85. The maximum absolute atomic E-state index is 13.4. The van der Waals surface area contributed by atoms with E-state index in [0.717, 1.165) is 6.33 Å². The van der Waals surface area contributed by atoms with E-state index in [1.165, 1.54) is 15.7 Å². The van der Waals surface area contributed by atoms with Crippen LogP contribution < -0.4 is 4.90 Å². The zero-order chi connectivity index (χ0) is 19.0. The molecular weight excluding hydrogens is 359 g/mol.